The molecular formula is C11H22N2. The number of hydrogen-bond donors (Lipinski definition) is 2. The molecule has 0 bridgehead atoms. The smallest absolute Gasteiger partial charge is 0.0317 e. The van der Waals surface area contributed by atoms with E-state index in [1.165, 1.54) is 6.54 Å². The molecule has 0 spiro atoms. The maximum atomic E-state index is 3.63. The van der Waals surface area contributed by atoms with Crippen molar-refractivity contribution in [3.8, 4) is 0 Å². The number of rotatable bonds is 3. The van der Waals surface area contributed by atoms with E-state index < -0.39 is 0 Å². The summed E-state index contributed by atoms with van der Waals surface area (Å²) in [7, 11) is 0. The van der Waals surface area contributed by atoms with Crippen LogP contribution >= 0.6 is 0 Å². The fraction of sp³-hybridized carbons (Fsp3) is 1.00. The van der Waals surface area contributed by atoms with Gasteiger partial charge in [0, 0.05) is 19.1 Å². The first-order valence-electron chi connectivity index (χ1n) is 5.40. The second-order valence-corrected chi connectivity index (χ2v) is 5.76. The molecule has 1 saturated heterocycles. The van der Waals surface area contributed by atoms with Crippen molar-refractivity contribution in [2.45, 2.75) is 33.7 Å². The van der Waals surface area contributed by atoms with Gasteiger partial charge < -0.3 is 10.6 Å². The fourth-order valence-corrected chi connectivity index (χ4v) is 2.56. The van der Waals surface area contributed by atoms with Crippen LogP contribution in [0.4, 0.5) is 0 Å². The Hall–Kier alpha value is -0.0800. The minimum atomic E-state index is 0.539. The second-order valence-electron chi connectivity index (χ2n) is 5.76. The Balaban J connectivity index is 1.77. The SMILES string of the molecule is CC1(C)C(CNC2CNC2)C1(C)C. The normalized spacial score (nSPS) is 31.4. The molecule has 2 rings (SSSR count). The van der Waals surface area contributed by atoms with Crippen molar-refractivity contribution >= 4 is 0 Å². The van der Waals surface area contributed by atoms with Gasteiger partial charge in [0.05, 0.1) is 0 Å². The lowest BCUT2D eigenvalue weighted by Gasteiger charge is -2.28. The van der Waals surface area contributed by atoms with Crippen LogP contribution in [-0.4, -0.2) is 25.7 Å². The van der Waals surface area contributed by atoms with E-state index in [1.807, 2.05) is 0 Å². The number of hydrogen-bond acceptors (Lipinski definition) is 2. The van der Waals surface area contributed by atoms with E-state index in [9.17, 15) is 0 Å². The average molecular weight is 182 g/mol. The third-order valence-corrected chi connectivity index (χ3v) is 4.71. The summed E-state index contributed by atoms with van der Waals surface area (Å²) in [4.78, 5) is 0. The van der Waals surface area contributed by atoms with Gasteiger partial charge in [0.15, 0.2) is 0 Å². The molecule has 1 heterocycles. The molecule has 0 aromatic heterocycles. The summed E-state index contributed by atoms with van der Waals surface area (Å²) in [6.07, 6.45) is 0. The molecular weight excluding hydrogens is 160 g/mol. The zero-order chi connectivity index (χ0) is 9.69. The molecule has 13 heavy (non-hydrogen) atoms. The first-order valence-corrected chi connectivity index (χ1v) is 5.40. The standard InChI is InChI=1S/C11H22N2/c1-10(2)9(11(10,3)4)7-13-8-5-12-6-8/h8-9,12-13H,5-7H2,1-4H3. The van der Waals surface area contributed by atoms with E-state index in [0.29, 0.717) is 10.8 Å². The van der Waals surface area contributed by atoms with Crippen LogP contribution in [-0.2, 0) is 0 Å². The van der Waals surface area contributed by atoms with Crippen LogP contribution in [0.15, 0.2) is 0 Å². The van der Waals surface area contributed by atoms with Crippen molar-refractivity contribution in [1.82, 2.24) is 10.6 Å². The van der Waals surface area contributed by atoms with Crippen LogP contribution in [0.3, 0.4) is 0 Å². The van der Waals surface area contributed by atoms with E-state index >= 15 is 0 Å². The highest BCUT2D eigenvalue weighted by molar-refractivity contribution is 5.13. The highest BCUT2D eigenvalue weighted by atomic mass is 15.1. The molecule has 0 radical (unpaired) electrons. The summed E-state index contributed by atoms with van der Waals surface area (Å²) in [6, 6.07) is 0.743. The molecule has 2 heteroatoms. The van der Waals surface area contributed by atoms with Crippen molar-refractivity contribution in [3.05, 3.63) is 0 Å². The molecule has 2 aliphatic rings. The molecule has 0 aromatic rings. The van der Waals surface area contributed by atoms with Crippen LogP contribution < -0.4 is 10.6 Å². The Labute approximate surface area is 81.5 Å². The summed E-state index contributed by atoms with van der Waals surface area (Å²) in [5.74, 6) is 0.862. The lowest BCUT2D eigenvalue weighted by Crippen LogP contribution is -2.55. The Morgan fingerprint density at radius 1 is 1.15 bits per heavy atom. The Morgan fingerprint density at radius 2 is 1.69 bits per heavy atom. The third kappa shape index (κ3) is 1.31. The summed E-state index contributed by atoms with van der Waals surface area (Å²) < 4.78 is 0. The van der Waals surface area contributed by atoms with Gasteiger partial charge in [-0.3, -0.25) is 0 Å². The summed E-state index contributed by atoms with van der Waals surface area (Å²) >= 11 is 0. The van der Waals surface area contributed by atoms with Gasteiger partial charge in [-0.05, 0) is 23.3 Å². The second kappa shape index (κ2) is 2.71. The van der Waals surface area contributed by atoms with Gasteiger partial charge in [0.1, 0.15) is 0 Å². The third-order valence-electron chi connectivity index (χ3n) is 4.71. The molecule has 2 fully saturated rings. The first kappa shape index (κ1) is 9.47. The Morgan fingerprint density at radius 3 is 2.00 bits per heavy atom. The predicted octanol–water partition coefficient (Wildman–Crippen LogP) is 1.23. The molecule has 1 aliphatic carbocycles. The largest absolute Gasteiger partial charge is 0.314 e. The monoisotopic (exact) mass is 182 g/mol. The van der Waals surface area contributed by atoms with Crippen LogP contribution in [0.1, 0.15) is 27.7 Å². The molecule has 0 unspecified atom stereocenters. The fourth-order valence-electron chi connectivity index (χ4n) is 2.56. The minimum Gasteiger partial charge on any atom is -0.314 e. The zero-order valence-electron chi connectivity index (χ0n) is 9.28. The van der Waals surface area contributed by atoms with E-state index in [4.69, 9.17) is 0 Å². The quantitative estimate of drug-likeness (QED) is 0.686. The molecule has 0 aromatic carbocycles. The van der Waals surface area contributed by atoms with Gasteiger partial charge in [-0.25, -0.2) is 0 Å². The average Bonchev–Trinajstić information content (AvgIpc) is 2.27. The van der Waals surface area contributed by atoms with E-state index in [0.717, 1.165) is 25.0 Å². The van der Waals surface area contributed by atoms with Crippen molar-refractivity contribution in [3.63, 3.8) is 0 Å². The van der Waals surface area contributed by atoms with E-state index in [2.05, 4.69) is 38.3 Å². The van der Waals surface area contributed by atoms with Crippen molar-refractivity contribution in [1.29, 1.82) is 0 Å². The lowest BCUT2D eigenvalue weighted by molar-refractivity contribution is 0.350. The maximum Gasteiger partial charge on any atom is 0.0317 e. The minimum absolute atomic E-state index is 0.539. The maximum absolute atomic E-state index is 3.63. The van der Waals surface area contributed by atoms with Gasteiger partial charge in [0.25, 0.3) is 0 Å². The number of nitrogens with one attached hydrogen (secondary N) is 2. The van der Waals surface area contributed by atoms with Crippen molar-refractivity contribution in [2.75, 3.05) is 19.6 Å². The Kier molecular flexibility index (Phi) is 1.97. The highest BCUT2D eigenvalue weighted by Crippen LogP contribution is 2.67. The van der Waals surface area contributed by atoms with Gasteiger partial charge in [-0.15, -0.1) is 0 Å². The first-order chi connectivity index (χ1) is 5.96. The molecule has 1 saturated carbocycles. The van der Waals surface area contributed by atoms with Gasteiger partial charge in [-0.1, -0.05) is 27.7 Å². The van der Waals surface area contributed by atoms with Crippen molar-refractivity contribution in [2.24, 2.45) is 16.7 Å². The summed E-state index contributed by atoms with van der Waals surface area (Å²) in [5, 5.41) is 6.91. The lowest BCUT2D eigenvalue weighted by atomic mass is 10.0. The molecule has 2 N–H and O–H groups in total. The van der Waals surface area contributed by atoms with Gasteiger partial charge in [0.2, 0.25) is 0 Å². The zero-order valence-corrected chi connectivity index (χ0v) is 9.28. The van der Waals surface area contributed by atoms with Crippen LogP contribution in [0, 0.1) is 16.7 Å². The van der Waals surface area contributed by atoms with E-state index in [1.54, 1.807) is 0 Å². The topological polar surface area (TPSA) is 24.1 Å². The summed E-state index contributed by atoms with van der Waals surface area (Å²) in [5.41, 5.74) is 1.08. The van der Waals surface area contributed by atoms with Gasteiger partial charge >= 0.3 is 0 Å². The summed E-state index contributed by atoms with van der Waals surface area (Å²) in [6.45, 7) is 13.1. The molecule has 0 atom stereocenters. The highest BCUT2D eigenvalue weighted by Gasteiger charge is 2.63. The van der Waals surface area contributed by atoms with Crippen LogP contribution in [0.25, 0.3) is 0 Å². The molecule has 0 amide bonds. The van der Waals surface area contributed by atoms with Crippen LogP contribution in [0.2, 0.25) is 0 Å². The molecule has 1 aliphatic heterocycles. The van der Waals surface area contributed by atoms with Crippen molar-refractivity contribution < 1.29 is 0 Å². The Bertz CT molecular complexity index is 190. The molecule has 76 valence electrons. The molecule has 2 nitrogen and oxygen atoms in total. The van der Waals surface area contributed by atoms with Crippen LogP contribution in [0.5, 0.6) is 0 Å². The van der Waals surface area contributed by atoms with E-state index in [-0.39, 0.29) is 0 Å². The van der Waals surface area contributed by atoms with Gasteiger partial charge in [-0.2, -0.15) is 0 Å². The predicted molar refractivity (Wildman–Crippen MR) is 55.7 cm³/mol.